The molecule has 142 valence electrons. The van der Waals surface area contributed by atoms with Gasteiger partial charge < -0.3 is 9.47 Å². The van der Waals surface area contributed by atoms with Gasteiger partial charge in [0.2, 0.25) is 5.90 Å². The van der Waals surface area contributed by atoms with Crippen LogP contribution in [0.3, 0.4) is 0 Å². The van der Waals surface area contributed by atoms with E-state index in [2.05, 4.69) is 6.92 Å². The van der Waals surface area contributed by atoms with E-state index >= 15 is 0 Å². The smallest absolute Gasteiger partial charge is 0.225 e. The summed E-state index contributed by atoms with van der Waals surface area (Å²) >= 11 is 0. The molecule has 0 radical (unpaired) electrons. The summed E-state index contributed by atoms with van der Waals surface area (Å²) in [5.41, 5.74) is 5.14. The summed E-state index contributed by atoms with van der Waals surface area (Å²) in [6.07, 6.45) is 1.67. The highest BCUT2D eigenvalue weighted by molar-refractivity contribution is 5.96. The molecule has 0 heterocycles. The van der Waals surface area contributed by atoms with Crippen LogP contribution >= 0.6 is 0 Å². The quantitative estimate of drug-likeness (QED) is 0.284. The van der Waals surface area contributed by atoms with Gasteiger partial charge in [-0.3, -0.25) is 0 Å². The predicted molar refractivity (Wildman–Crippen MR) is 116 cm³/mol. The van der Waals surface area contributed by atoms with Gasteiger partial charge in [-0.2, -0.15) is 0 Å². The SMILES string of the molecule is CC(=C\Oc1ccc(C)cc1)/C(=N/c1ccc(C)cc1)Oc1cccc(C)c1. The fourth-order valence-electron chi connectivity index (χ4n) is 2.54. The van der Waals surface area contributed by atoms with E-state index < -0.39 is 0 Å². The summed E-state index contributed by atoms with van der Waals surface area (Å²) in [7, 11) is 0. The summed E-state index contributed by atoms with van der Waals surface area (Å²) in [5, 5.41) is 0. The van der Waals surface area contributed by atoms with Crippen LogP contribution in [0.5, 0.6) is 11.5 Å². The van der Waals surface area contributed by atoms with E-state index in [-0.39, 0.29) is 0 Å². The van der Waals surface area contributed by atoms with Crippen molar-refractivity contribution in [2.75, 3.05) is 0 Å². The van der Waals surface area contributed by atoms with Crippen LogP contribution in [0.15, 0.2) is 89.6 Å². The molecule has 3 aromatic carbocycles. The number of benzene rings is 3. The minimum Gasteiger partial charge on any atom is -0.465 e. The third-order valence-electron chi connectivity index (χ3n) is 4.20. The molecule has 0 aliphatic carbocycles. The lowest BCUT2D eigenvalue weighted by Crippen LogP contribution is -2.11. The van der Waals surface area contributed by atoms with E-state index in [0.717, 1.165) is 28.3 Å². The maximum absolute atomic E-state index is 6.10. The van der Waals surface area contributed by atoms with E-state index in [1.807, 2.05) is 93.6 Å². The van der Waals surface area contributed by atoms with Crippen LogP contribution in [-0.4, -0.2) is 5.90 Å². The molecule has 0 aromatic heterocycles. The normalized spacial score (nSPS) is 12.0. The Kier molecular flexibility index (Phi) is 6.28. The Morgan fingerprint density at radius 1 is 0.750 bits per heavy atom. The van der Waals surface area contributed by atoms with E-state index in [0.29, 0.717) is 5.90 Å². The Balaban J connectivity index is 1.88. The van der Waals surface area contributed by atoms with Gasteiger partial charge in [0.15, 0.2) is 0 Å². The Morgan fingerprint density at radius 3 is 2.04 bits per heavy atom. The minimum atomic E-state index is 0.501. The summed E-state index contributed by atoms with van der Waals surface area (Å²) in [6, 6.07) is 23.8. The van der Waals surface area contributed by atoms with Crippen molar-refractivity contribution in [3.63, 3.8) is 0 Å². The van der Waals surface area contributed by atoms with Gasteiger partial charge in [0.1, 0.15) is 11.5 Å². The van der Waals surface area contributed by atoms with Gasteiger partial charge in [-0.1, -0.05) is 47.5 Å². The number of rotatable bonds is 5. The second kappa shape index (κ2) is 9.05. The molecule has 0 atom stereocenters. The van der Waals surface area contributed by atoms with E-state index in [4.69, 9.17) is 14.5 Å². The van der Waals surface area contributed by atoms with Gasteiger partial charge in [-0.05, 0) is 69.7 Å². The lowest BCUT2D eigenvalue weighted by molar-refractivity contribution is 0.473. The monoisotopic (exact) mass is 371 g/mol. The maximum atomic E-state index is 6.10. The molecule has 0 aliphatic rings. The third-order valence-corrected chi connectivity index (χ3v) is 4.20. The van der Waals surface area contributed by atoms with Crippen LogP contribution in [0.1, 0.15) is 23.6 Å². The predicted octanol–water partition coefficient (Wildman–Crippen LogP) is 6.70. The van der Waals surface area contributed by atoms with Crippen molar-refractivity contribution < 1.29 is 9.47 Å². The molecule has 0 fully saturated rings. The summed E-state index contributed by atoms with van der Waals surface area (Å²) in [6.45, 7) is 8.06. The standard InChI is InChI=1S/C25H25NO2/c1-18-8-12-22(13-9-18)26-25(28-24-7-5-6-20(3)16-24)21(4)17-27-23-14-10-19(2)11-15-23/h5-17H,1-4H3/b21-17+,26-25-. The molecule has 3 heteroatoms. The molecular formula is C25H25NO2. The van der Waals surface area contributed by atoms with E-state index in [1.54, 1.807) is 6.26 Å². The molecule has 0 spiro atoms. The van der Waals surface area contributed by atoms with Gasteiger partial charge >= 0.3 is 0 Å². The van der Waals surface area contributed by atoms with Gasteiger partial charge in [0, 0.05) is 5.57 Å². The summed E-state index contributed by atoms with van der Waals surface area (Å²) in [4.78, 5) is 4.70. The zero-order valence-corrected chi connectivity index (χ0v) is 16.8. The Bertz CT molecular complexity index is 984. The fraction of sp³-hybridized carbons (Fsp3) is 0.160. The highest BCUT2D eigenvalue weighted by Gasteiger charge is 2.08. The van der Waals surface area contributed by atoms with Crippen LogP contribution in [0.4, 0.5) is 5.69 Å². The van der Waals surface area contributed by atoms with Crippen molar-refractivity contribution in [1.82, 2.24) is 0 Å². The molecule has 0 amide bonds. The molecular weight excluding hydrogens is 346 g/mol. The van der Waals surface area contributed by atoms with Crippen molar-refractivity contribution in [3.05, 3.63) is 101 Å². The van der Waals surface area contributed by atoms with Crippen molar-refractivity contribution in [1.29, 1.82) is 0 Å². The second-order valence-electron chi connectivity index (χ2n) is 6.90. The first kappa shape index (κ1) is 19.4. The van der Waals surface area contributed by atoms with Gasteiger partial charge in [-0.15, -0.1) is 0 Å². The van der Waals surface area contributed by atoms with Crippen LogP contribution in [0.2, 0.25) is 0 Å². The third kappa shape index (κ3) is 5.58. The average molecular weight is 371 g/mol. The average Bonchev–Trinajstić information content (AvgIpc) is 2.68. The first-order valence-corrected chi connectivity index (χ1v) is 9.30. The second-order valence-corrected chi connectivity index (χ2v) is 6.90. The molecule has 3 aromatic rings. The molecule has 3 nitrogen and oxygen atoms in total. The first-order valence-electron chi connectivity index (χ1n) is 9.30. The molecule has 3 rings (SSSR count). The number of hydrogen-bond acceptors (Lipinski definition) is 3. The van der Waals surface area contributed by atoms with Crippen molar-refractivity contribution in [2.24, 2.45) is 4.99 Å². The highest BCUT2D eigenvalue weighted by atomic mass is 16.5. The summed E-state index contributed by atoms with van der Waals surface area (Å²) in [5.74, 6) is 2.02. The van der Waals surface area contributed by atoms with E-state index in [1.165, 1.54) is 11.1 Å². The molecule has 0 unspecified atom stereocenters. The number of hydrogen-bond donors (Lipinski definition) is 0. The van der Waals surface area contributed by atoms with Crippen molar-refractivity contribution in [3.8, 4) is 11.5 Å². The van der Waals surface area contributed by atoms with E-state index in [9.17, 15) is 0 Å². The highest BCUT2D eigenvalue weighted by Crippen LogP contribution is 2.20. The maximum Gasteiger partial charge on any atom is 0.225 e. The van der Waals surface area contributed by atoms with Gasteiger partial charge in [-0.25, -0.2) is 4.99 Å². The molecule has 0 saturated heterocycles. The molecule has 0 aliphatic heterocycles. The molecule has 0 saturated carbocycles. The lowest BCUT2D eigenvalue weighted by Gasteiger charge is -2.11. The van der Waals surface area contributed by atoms with Crippen LogP contribution in [0.25, 0.3) is 0 Å². The number of aryl methyl sites for hydroxylation is 3. The van der Waals surface area contributed by atoms with Crippen LogP contribution in [0, 0.1) is 20.8 Å². The largest absolute Gasteiger partial charge is 0.465 e. The Hall–Kier alpha value is -3.33. The Morgan fingerprint density at radius 2 is 1.39 bits per heavy atom. The van der Waals surface area contributed by atoms with Crippen molar-refractivity contribution in [2.45, 2.75) is 27.7 Å². The number of aliphatic imine (C=N–C) groups is 1. The van der Waals surface area contributed by atoms with Gasteiger partial charge in [0.25, 0.3) is 0 Å². The molecule has 28 heavy (non-hydrogen) atoms. The van der Waals surface area contributed by atoms with Crippen molar-refractivity contribution >= 4 is 11.6 Å². The zero-order valence-electron chi connectivity index (χ0n) is 16.8. The summed E-state index contributed by atoms with van der Waals surface area (Å²) < 4.78 is 11.9. The number of nitrogens with zero attached hydrogens (tertiary/aromatic N) is 1. The number of ether oxygens (including phenoxy) is 2. The van der Waals surface area contributed by atoms with Gasteiger partial charge in [0.05, 0.1) is 11.9 Å². The molecule has 0 N–H and O–H groups in total. The topological polar surface area (TPSA) is 30.8 Å². The minimum absolute atomic E-state index is 0.501. The lowest BCUT2D eigenvalue weighted by atomic mass is 10.2. The molecule has 0 bridgehead atoms. The zero-order chi connectivity index (χ0) is 19.9. The fourth-order valence-corrected chi connectivity index (χ4v) is 2.54. The first-order chi connectivity index (χ1) is 13.5. The van der Waals surface area contributed by atoms with Crippen LogP contribution < -0.4 is 9.47 Å². The Labute approximate surface area is 167 Å². The van der Waals surface area contributed by atoms with Crippen LogP contribution in [-0.2, 0) is 0 Å².